The Bertz CT molecular complexity index is 488. The quantitative estimate of drug-likeness (QED) is 0.924. The van der Waals surface area contributed by atoms with Crippen LogP contribution in [0.25, 0.3) is 0 Å². The van der Waals surface area contributed by atoms with E-state index in [0.29, 0.717) is 17.8 Å². The van der Waals surface area contributed by atoms with Gasteiger partial charge in [0.1, 0.15) is 0 Å². The highest BCUT2D eigenvalue weighted by atomic mass is 16.2. The molecule has 1 saturated carbocycles. The molecule has 1 N–H and O–H groups in total. The van der Waals surface area contributed by atoms with Crippen LogP contribution in [0.4, 0.5) is 0 Å². The first-order valence-electron chi connectivity index (χ1n) is 8.73. The van der Waals surface area contributed by atoms with E-state index in [9.17, 15) is 4.79 Å². The lowest BCUT2D eigenvalue weighted by Gasteiger charge is -2.33. The highest BCUT2D eigenvalue weighted by molar-refractivity contribution is 5.92. The number of rotatable bonds is 4. The molecule has 1 aliphatic heterocycles. The number of carbonyl (C=O) groups excluding carboxylic acids is 1. The van der Waals surface area contributed by atoms with Crippen LogP contribution >= 0.6 is 0 Å². The zero-order valence-electron chi connectivity index (χ0n) is 13.5. The Morgan fingerprint density at radius 1 is 1.27 bits per heavy atom. The summed E-state index contributed by atoms with van der Waals surface area (Å²) in [4.78, 5) is 14.8. The Balaban J connectivity index is 1.69. The van der Waals surface area contributed by atoms with E-state index in [1.165, 1.54) is 19.3 Å². The van der Waals surface area contributed by atoms with Gasteiger partial charge in [-0.1, -0.05) is 24.5 Å². The summed E-state index contributed by atoms with van der Waals surface area (Å²) in [5.74, 6) is 0.0505. The molecule has 6 nitrogen and oxygen atoms in total. The third-order valence-electron chi connectivity index (χ3n) is 5.03. The fraction of sp³-hybridized carbons (Fsp3) is 0.812. The van der Waals surface area contributed by atoms with Gasteiger partial charge in [-0.2, -0.15) is 0 Å². The van der Waals surface area contributed by atoms with Crippen molar-refractivity contribution in [3.63, 3.8) is 0 Å². The van der Waals surface area contributed by atoms with Gasteiger partial charge in [0.25, 0.3) is 5.91 Å². The fourth-order valence-electron chi connectivity index (χ4n) is 3.73. The summed E-state index contributed by atoms with van der Waals surface area (Å²) in [6.07, 6.45) is 9.97. The molecule has 0 spiro atoms. The van der Waals surface area contributed by atoms with Crippen molar-refractivity contribution in [3.05, 3.63) is 11.9 Å². The van der Waals surface area contributed by atoms with Crippen molar-refractivity contribution >= 4 is 5.91 Å². The van der Waals surface area contributed by atoms with Crippen LogP contribution in [-0.2, 0) is 0 Å². The molecule has 3 rings (SSSR count). The van der Waals surface area contributed by atoms with Crippen molar-refractivity contribution in [1.29, 1.82) is 0 Å². The van der Waals surface area contributed by atoms with Crippen LogP contribution in [0, 0.1) is 0 Å². The van der Waals surface area contributed by atoms with Gasteiger partial charge in [0, 0.05) is 12.6 Å². The van der Waals surface area contributed by atoms with Crippen molar-refractivity contribution in [2.24, 2.45) is 0 Å². The molecule has 0 bridgehead atoms. The molecule has 6 heteroatoms. The first kappa shape index (κ1) is 15.5. The maximum absolute atomic E-state index is 12.8. The SMILES string of the molecule is CCN(C(=O)c1cn(C2CCNCC2)nn1)C1CCCCC1. The lowest BCUT2D eigenvalue weighted by atomic mass is 9.94. The topological polar surface area (TPSA) is 63.1 Å². The first-order chi connectivity index (χ1) is 10.8. The highest BCUT2D eigenvalue weighted by Crippen LogP contribution is 2.24. The number of hydrogen-bond acceptors (Lipinski definition) is 4. The maximum atomic E-state index is 12.8. The van der Waals surface area contributed by atoms with Gasteiger partial charge in [-0.3, -0.25) is 4.79 Å². The molecule has 22 heavy (non-hydrogen) atoms. The minimum atomic E-state index is 0.0505. The van der Waals surface area contributed by atoms with Crippen molar-refractivity contribution in [2.75, 3.05) is 19.6 Å². The van der Waals surface area contributed by atoms with Crippen LogP contribution in [0.3, 0.4) is 0 Å². The average molecular weight is 305 g/mol. The second kappa shape index (κ2) is 7.22. The maximum Gasteiger partial charge on any atom is 0.276 e. The molecular weight excluding hydrogens is 278 g/mol. The second-order valence-electron chi connectivity index (χ2n) is 6.45. The van der Waals surface area contributed by atoms with Crippen LogP contribution in [0.1, 0.15) is 68.4 Å². The predicted octanol–water partition coefficient (Wildman–Crippen LogP) is 2.00. The van der Waals surface area contributed by atoms with E-state index in [4.69, 9.17) is 0 Å². The standard InChI is InChI=1S/C16H27N5O/c1-2-20(13-6-4-3-5-7-13)16(22)15-12-21(19-18-15)14-8-10-17-11-9-14/h12-14,17H,2-11H2,1H3. The molecule has 2 aliphatic rings. The summed E-state index contributed by atoms with van der Waals surface area (Å²) in [6.45, 7) is 4.83. The van der Waals surface area contributed by atoms with Crippen LogP contribution in [0.5, 0.6) is 0 Å². The summed E-state index contributed by atoms with van der Waals surface area (Å²) in [5.41, 5.74) is 0.506. The predicted molar refractivity (Wildman–Crippen MR) is 84.7 cm³/mol. The zero-order valence-corrected chi connectivity index (χ0v) is 13.5. The third kappa shape index (κ3) is 3.32. The number of aromatic nitrogens is 3. The van der Waals surface area contributed by atoms with E-state index in [1.807, 2.05) is 15.8 Å². The highest BCUT2D eigenvalue weighted by Gasteiger charge is 2.27. The summed E-state index contributed by atoms with van der Waals surface area (Å²) >= 11 is 0. The normalized spacial score (nSPS) is 21.0. The molecule has 0 aromatic carbocycles. The van der Waals surface area contributed by atoms with E-state index in [1.54, 1.807) is 0 Å². The number of amides is 1. The van der Waals surface area contributed by atoms with Crippen molar-refractivity contribution in [1.82, 2.24) is 25.2 Å². The molecule has 0 radical (unpaired) electrons. The summed E-state index contributed by atoms with van der Waals surface area (Å²) in [7, 11) is 0. The Kier molecular flexibility index (Phi) is 5.08. The van der Waals surface area contributed by atoms with E-state index >= 15 is 0 Å². The van der Waals surface area contributed by atoms with Gasteiger partial charge in [-0.15, -0.1) is 5.10 Å². The molecule has 122 valence electrons. The van der Waals surface area contributed by atoms with E-state index < -0.39 is 0 Å². The molecule has 1 aromatic rings. The van der Waals surface area contributed by atoms with Crippen molar-refractivity contribution in [3.8, 4) is 0 Å². The number of hydrogen-bond donors (Lipinski definition) is 1. The Morgan fingerprint density at radius 2 is 2.00 bits per heavy atom. The molecule has 2 heterocycles. The molecular formula is C16H27N5O. The van der Waals surface area contributed by atoms with Gasteiger partial charge in [0.2, 0.25) is 0 Å². The largest absolute Gasteiger partial charge is 0.334 e. The number of piperidine rings is 1. The lowest BCUT2D eigenvalue weighted by Crippen LogP contribution is -2.41. The summed E-state index contributed by atoms with van der Waals surface area (Å²) in [5, 5.41) is 11.7. The van der Waals surface area contributed by atoms with Crippen LogP contribution in [-0.4, -0.2) is 51.5 Å². The van der Waals surface area contributed by atoms with Gasteiger partial charge in [-0.05, 0) is 45.7 Å². The molecule has 1 aromatic heterocycles. The van der Waals surface area contributed by atoms with E-state index in [2.05, 4.69) is 22.6 Å². The smallest absolute Gasteiger partial charge is 0.276 e. The van der Waals surface area contributed by atoms with Crippen LogP contribution < -0.4 is 5.32 Å². The van der Waals surface area contributed by atoms with Crippen molar-refractivity contribution < 1.29 is 4.79 Å². The van der Waals surface area contributed by atoms with Gasteiger partial charge in [-0.25, -0.2) is 4.68 Å². The van der Waals surface area contributed by atoms with Crippen LogP contribution in [0.15, 0.2) is 6.20 Å². The second-order valence-corrected chi connectivity index (χ2v) is 6.45. The average Bonchev–Trinajstić information content (AvgIpc) is 3.07. The summed E-state index contributed by atoms with van der Waals surface area (Å²) in [6, 6.07) is 0.760. The number of nitrogens with one attached hydrogen (secondary N) is 1. The Hall–Kier alpha value is -1.43. The Morgan fingerprint density at radius 3 is 2.68 bits per heavy atom. The van der Waals surface area contributed by atoms with E-state index in [0.717, 1.165) is 45.3 Å². The Labute approximate surface area is 132 Å². The minimum Gasteiger partial charge on any atom is -0.334 e. The minimum absolute atomic E-state index is 0.0505. The molecule has 2 fully saturated rings. The molecule has 1 aliphatic carbocycles. The van der Waals surface area contributed by atoms with Gasteiger partial charge >= 0.3 is 0 Å². The van der Waals surface area contributed by atoms with Gasteiger partial charge in [0.15, 0.2) is 5.69 Å². The van der Waals surface area contributed by atoms with Gasteiger partial charge < -0.3 is 10.2 Å². The van der Waals surface area contributed by atoms with Gasteiger partial charge in [0.05, 0.1) is 12.2 Å². The molecule has 1 amide bonds. The molecule has 0 atom stereocenters. The van der Waals surface area contributed by atoms with Crippen LogP contribution in [0.2, 0.25) is 0 Å². The molecule has 0 unspecified atom stereocenters. The summed E-state index contributed by atoms with van der Waals surface area (Å²) < 4.78 is 1.89. The molecule has 1 saturated heterocycles. The monoisotopic (exact) mass is 305 g/mol. The van der Waals surface area contributed by atoms with Crippen molar-refractivity contribution in [2.45, 2.75) is 64.0 Å². The van der Waals surface area contributed by atoms with E-state index in [-0.39, 0.29) is 5.91 Å². The number of carbonyl (C=O) groups is 1. The zero-order chi connectivity index (χ0) is 15.4. The third-order valence-corrected chi connectivity index (χ3v) is 5.03. The number of nitrogens with zero attached hydrogens (tertiary/aromatic N) is 4. The lowest BCUT2D eigenvalue weighted by molar-refractivity contribution is 0.0641. The fourth-order valence-corrected chi connectivity index (χ4v) is 3.73. The first-order valence-corrected chi connectivity index (χ1v) is 8.73.